The molecule has 1 aromatic rings. The summed E-state index contributed by atoms with van der Waals surface area (Å²) in [5, 5.41) is 0. The summed E-state index contributed by atoms with van der Waals surface area (Å²) in [6.45, 7) is 2.90. The zero-order valence-corrected chi connectivity index (χ0v) is 12.1. The SMILES string of the molecule is CC(C1CC1)N(C)C(=O)/C=C/c1ccc2c(c1)CCO2. The Labute approximate surface area is 120 Å². The molecule has 0 N–H and O–H groups in total. The largest absolute Gasteiger partial charge is 0.493 e. The van der Waals surface area contributed by atoms with Gasteiger partial charge in [-0.2, -0.15) is 0 Å². The molecule has 1 unspecified atom stereocenters. The van der Waals surface area contributed by atoms with Crippen molar-refractivity contribution >= 4 is 12.0 Å². The average molecular weight is 271 g/mol. The molecule has 3 heteroatoms. The maximum Gasteiger partial charge on any atom is 0.246 e. The number of nitrogens with zero attached hydrogens (tertiary/aromatic N) is 1. The quantitative estimate of drug-likeness (QED) is 0.788. The first-order valence-electron chi connectivity index (χ1n) is 7.36. The number of carbonyl (C=O) groups is 1. The van der Waals surface area contributed by atoms with Crippen LogP contribution in [-0.2, 0) is 11.2 Å². The molecular weight excluding hydrogens is 250 g/mol. The fourth-order valence-electron chi connectivity index (χ4n) is 2.69. The number of carbonyl (C=O) groups excluding carboxylic acids is 1. The van der Waals surface area contributed by atoms with Crippen LogP contribution < -0.4 is 4.74 Å². The minimum absolute atomic E-state index is 0.0844. The second kappa shape index (κ2) is 5.31. The van der Waals surface area contributed by atoms with Gasteiger partial charge in [-0.25, -0.2) is 0 Å². The third-order valence-corrected chi connectivity index (χ3v) is 4.39. The van der Waals surface area contributed by atoms with E-state index in [9.17, 15) is 4.79 Å². The number of likely N-dealkylation sites (N-methyl/N-ethyl adjacent to an activating group) is 1. The van der Waals surface area contributed by atoms with Crippen molar-refractivity contribution in [2.24, 2.45) is 5.92 Å². The standard InChI is InChI=1S/C17H21NO2/c1-12(14-5-6-14)18(2)17(19)8-4-13-3-7-16-15(11-13)9-10-20-16/h3-4,7-8,11-12,14H,5-6,9-10H2,1-2H3/b8-4+. The highest BCUT2D eigenvalue weighted by Gasteiger charge is 2.31. The number of amides is 1. The van der Waals surface area contributed by atoms with Crippen molar-refractivity contribution in [3.8, 4) is 5.75 Å². The van der Waals surface area contributed by atoms with Gasteiger partial charge in [-0.3, -0.25) is 4.79 Å². The van der Waals surface area contributed by atoms with E-state index < -0.39 is 0 Å². The maximum atomic E-state index is 12.1. The normalized spacial score (nSPS) is 18.7. The van der Waals surface area contributed by atoms with E-state index in [1.165, 1.54) is 18.4 Å². The van der Waals surface area contributed by atoms with Crippen LogP contribution >= 0.6 is 0 Å². The molecule has 0 aromatic heterocycles. The van der Waals surface area contributed by atoms with Gasteiger partial charge in [0.2, 0.25) is 5.91 Å². The molecule has 1 aromatic carbocycles. The first kappa shape index (κ1) is 13.2. The summed E-state index contributed by atoms with van der Waals surface area (Å²) in [7, 11) is 1.90. The number of hydrogen-bond acceptors (Lipinski definition) is 2. The minimum Gasteiger partial charge on any atom is -0.493 e. The van der Waals surface area contributed by atoms with E-state index in [-0.39, 0.29) is 5.91 Å². The Morgan fingerprint density at radius 3 is 3.00 bits per heavy atom. The monoisotopic (exact) mass is 271 g/mol. The summed E-state index contributed by atoms with van der Waals surface area (Å²) in [4.78, 5) is 14.0. The summed E-state index contributed by atoms with van der Waals surface area (Å²) in [6, 6.07) is 6.44. The fraction of sp³-hybridized carbons (Fsp3) is 0.471. The van der Waals surface area contributed by atoms with E-state index >= 15 is 0 Å². The summed E-state index contributed by atoms with van der Waals surface area (Å²) < 4.78 is 5.48. The lowest BCUT2D eigenvalue weighted by molar-refractivity contribution is -0.126. The Morgan fingerprint density at radius 1 is 1.45 bits per heavy atom. The van der Waals surface area contributed by atoms with Gasteiger partial charge in [0.1, 0.15) is 5.75 Å². The lowest BCUT2D eigenvalue weighted by atomic mass is 10.1. The highest BCUT2D eigenvalue weighted by Crippen LogP contribution is 2.34. The first-order chi connectivity index (χ1) is 9.65. The molecule has 0 bridgehead atoms. The zero-order valence-electron chi connectivity index (χ0n) is 12.1. The van der Waals surface area contributed by atoms with Crippen molar-refractivity contribution in [1.29, 1.82) is 0 Å². The molecule has 20 heavy (non-hydrogen) atoms. The predicted octanol–water partition coefficient (Wildman–Crippen LogP) is 2.89. The van der Waals surface area contributed by atoms with E-state index in [1.807, 2.05) is 30.2 Å². The van der Waals surface area contributed by atoms with Crippen LogP contribution in [0.3, 0.4) is 0 Å². The minimum atomic E-state index is 0.0844. The molecule has 0 spiro atoms. The number of rotatable bonds is 4. The molecule has 1 aliphatic heterocycles. The summed E-state index contributed by atoms with van der Waals surface area (Å²) in [6.07, 6.45) is 7.05. The molecule has 1 amide bonds. The molecule has 3 rings (SSSR count). The Balaban J connectivity index is 1.65. The summed E-state index contributed by atoms with van der Waals surface area (Å²) in [5.74, 6) is 1.77. The third kappa shape index (κ3) is 2.72. The van der Waals surface area contributed by atoms with Crippen molar-refractivity contribution in [2.45, 2.75) is 32.2 Å². The molecule has 1 saturated carbocycles. The van der Waals surface area contributed by atoms with E-state index in [1.54, 1.807) is 6.08 Å². The molecule has 3 nitrogen and oxygen atoms in total. The van der Waals surface area contributed by atoms with Crippen LogP contribution in [0.5, 0.6) is 5.75 Å². The number of benzene rings is 1. The third-order valence-electron chi connectivity index (χ3n) is 4.39. The number of hydrogen-bond donors (Lipinski definition) is 0. The lowest BCUT2D eigenvalue weighted by Gasteiger charge is -2.23. The molecular formula is C17H21NO2. The first-order valence-corrected chi connectivity index (χ1v) is 7.36. The average Bonchev–Trinajstić information content (AvgIpc) is 3.21. The van der Waals surface area contributed by atoms with E-state index in [2.05, 4.69) is 13.0 Å². The van der Waals surface area contributed by atoms with E-state index in [0.717, 1.165) is 24.3 Å². The maximum absolute atomic E-state index is 12.1. The molecule has 1 fully saturated rings. The smallest absolute Gasteiger partial charge is 0.246 e. The van der Waals surface area contributed by atoms with Crippen LogP contribution in [0.25, 0.3) is 6.08 Å². The summed E-state index contributed by atoms with van der Waals surface area (Å²) >= 11 is 0. The van der Waals surface area contributed by atoms with Crippen LogP contribution in [-0.4, -0.2) is 30.5 Å². The second-order valence-electron chi connectivity index (χ2n) is 5.83. The topological polar surface area (TPSA) is 29.5 Å². The van der Waals surface area contributed by atoms with Gasteiger partial charge in [-0.05, 0) is 55.0 Å². The van der Waals surface area contributed by atoms with Crippen molar-refractivity contribution in [1.82, 2.24) is 4.90 Å². The Morgan fingerprint density at radius 2 is 2.25 bits per heavy atom. The number of ether oxygens (including phenoxy) is 1. The van der Waals surface area contributed by atoms with Crippen LogP contribution in [0, 0.1) is 5.92 Å². The van der Waals surface area contributed by atoms with Gasteiger partial charge in [0, 0.05) is 25.6 Å². The predicted molar refractivity (Wildman–Crippen MR) is 79.6 cm³/mol. The molecule has 0 saturated heterocycles. The molecule has 1 atom stereocenters. The van der Waals surface area contributed by atoms with Gasteiger partial charge in [0.15, 0.2) is 0 Å². The van der Waals surface area contributed by atoms with Crippen molar-refractivity contribution in [2.75, 3.05) is 13.7 Å². The van der Waals surface area contributed by atoms with Gasteiger partial charge < -0.3 is 9.64 Å². The van der Waals surface area contributed by atoms with E-state index in [0.29, 0.717) is 12.0 Å². The van der Waals surface area contributed by atoms with Crippen LogP contribution in [0.2, 0.25) is 0 Å². The van der Waals surface area contributed by atoms with Crippen molar-refractivity contribution in [3.05, 3.63) is 35.4 Å². The van der Waals surface area contributed by atoms with Gasteiger partial charge in [0.25, 0.3) is 0 Å². The number of fused-ring (bicyclic) bond motifs is 1. The van der Waals surface area contributed by atoms with Gasteiger partial charge in [0.05, 0.1) is 6.61 Å². The highest BCUT2D eigenvalue weighted by molar-refractivity contribution is 5.91. The molecule has 0 radical (unpaired) electrons. The van der Waals surface area contributed by atoms with Crippen molar-refractivity contribution < 1.29 is 9.53 Å². The Hall–Kier alpha value is -1.77. The van der Waals surface area contributed by atoms with Gasteiger partial charge >= 0.3 is 0 Å². The van der Waals surface area contributed by atoms with Crippen LogP contribution in [0.4, 0.5) is 0 Å². The van der Waals surface area contributed by atoms with Gasteiger partial charge in [-0.15, -0.1) is 0 Å². The second-order valence-corrected chi connectivity index (χ2v) is 5.83. The van der Waals surface area contributed by atoms with Crippen LogP contribution in [0.1, 0.15) is 30.9 Å². The molecule has 1 aliphatic carbocycles. The molecule has 106 valence electrons. The highest BCUT2D eigenvalue weighted by atomic mass is 16.5. The summed E-state index contributed by atoms with van der Waals surface area (Å²) in [5.41, 5.74) is 2.30. The van der Waals surface area contributed by atoms with Crippen molar-refractivity contribution in [3.63, 3.8) is 0 Å². The fourth-order valence-corrected chi connectivity index (χ4v) is 2.69. The Kier molecular flexibility index (Phi) is 3.51. The molecule has 2 aliphatic rings. The zero-order chi connectivity index (χ0) is 14.1. The van der Waals surface area contributed by atoms with Gasteiger partial charge in [-0.1, -0.05) is 6.07 Å². The van der Waals surface area contributed by atoms with Crippen LogP contribution in [0.15, 0.2) is 24.3 Å². The van der Waals surface area contributed by atoms with E-state index in [4.69, 9.17) is 4.74 Å². The molecule has 1 heterocycles. The Bertz CT molecular complexity index is 546. The lowest BCUT2D eigenvalue weighted by Crippen LogP contribution is -2.35.